The summed E-state index contributed by atoms with van der Waals surface area (Å²) in [5.74, 6) is 0.313. The van der Waals surface area contributed by atoms with Crippen LogP contribution < -0.4 is 9.47 Å². The number of benzene rings is 2. The molecule has 4 nitrogen and oxygen atoms in total. The minimum Gasteiger partial charge on any atom is -0.453 e. The van der Waals surface area contributed by atoms with Crippen LogP contribution in [0, 0.1) is 0 Å². The van der Waals surface area contributed by atoms with E-state index in [0.717, 1.165) is 5.56 Å². The Kier molecular flexibility index (Phi) is 2.27. The van der Waals surface area contributed by atoms with Gasteiger partial charge in [0.05, 0.1) is 0 Å². The Morgan fingerprint density at radius 1 is 0.895 bits per heavy atom. The fraction of sp³-hybridized carbons (Fsp3) is 0.200. The summed E-state index contributed by atoms with van der Waals surface area (Å²) in [5, 5.41) is 0. The van der Waals surface area contributed by atoms with Crippen molar-refractivity contribution in [3.8, 4) is 11.5 Å². The maximum absolute atomic E-state index is 6.06. The lowest BCUT2D eigenvalue weighted by molar-refractivity contribution is -0.224. The van der Waals surface area contributed by atoms with E-state index in [1.54, 1.807) is 0 Å². The molecule has 96 valence electrons. The fourth-order valence-electron chi connectivity index (χ4n) is 2.41. The van der Waals surface area contributed by atoms with Gasteiger partial charge >= 0.3 is 5.79 Å². The Hall–Kier alpha value is -2.04. The Morgan fingerprint density at radius 2 is 1.63 bits per heavy atom. The van der Waals surface area contributed by atoms with E-state index in [1.807, 2.05) is 54.6 Å². The fourth-order valence-corrected chi connectivity index (χ4v) is 2.41. The van der Waals surface area contributed by atoms with E-state index >= 15 is 0 Å². The van der Waals surface area contributed by atoms with Crippen molar-refractivity contribution in [1.82, 2.24) is 0 Å². The van der Waals surface area contributed by atoms with E-state index in [-0.39, 0.29) is 6.79 Å². The van der Waals surface area contributed by atoms with Gasteiger partial charge in [-0.2, -0.15) is 0 Å². The molecule has 0 amide bonds. The number of rotatable bonds is 1. The maximum atomic E-state index is 6.06. The van der Waals surface area contributed by atoms with Gasteiger partial charge in [0.25, 0.3) is 6.29 Å². The zero-order valence-electron chi connectivity index (χ0n) is 10.1. The highest BCUT2D eigenvalue weighted by Crippen LogP contribution is 2.46. The van der Waals surface area contributed by atoms with Gasteiger partial charge in [-0.15, -0.1) is 0 Å². The average molecular weight is 256 g/mol. The van der Waals surface area contributed by atoms with E-state index in [2.05, 4.69) is 0 Å². The molecule has 0 radical (unpaired) electrons. The maximum Gasteiger partial charge on any atom is 0.303 e. The predicted molar refractivity (Wildman–Crippen MR) is 66.6 cm³/mol. The zero-order chi connectivity index (χ0) is 12.7. The van der Waals surface area contributed by atoms with Gasteiger partial charge in [-0.05, 0) is 12.1 Å². The molecule has 2 aromatic rings. The van der Waals surface area contributed by atoms with Gasteiger partial charge in [0.15, 0.2) is 18.3 Å². The molecule has 0 aromatic heterocycles. The molecule has 2 atom stereocenters. The summed E-state index contributed by atoms with van der Waals surface area (Å²) in [4.78, 5) is 0. The van der Waals surface area contributed by atoms with Gasteiger partial charge < -0.3 is 18.9 Å². The van der Waals surface area contributed by atoms with Crippen molar-refractivity contribution in [1.29, 1.82) is 0 Å². The highest BCUT2D eigenvalue weighted by molar-refractivity contribution is 5.43. The predicted octanol–water partition coefficient (Wildman–Crippen LogP) is 2.64. The molecule has 1 fully saturated rings. The van der Waals surface area contributed by atoms with E-state index < -0.39 is 12.1 Å². The monoisotopic (exact) mass is 256 g/mol. The average Bonchev–Trinajstić information content (AvgIpc) is 2.89. The lowest BCUT2D eigenvalue weighted by atomic mass is 10.0. The van der Waals surface area contributed by atoms with Crippen molar-refractivity contribution in [2.24, 2.45) is 0 Å². The Bertz CT molecular complexity index is 598. The SMILES string of the molecule is c1ccc(C23OCOC2Oc2ccccc2O3)cc1. The van der Waals surface area contributed by atoms with Gasteiger partial charge in [-0.1, -0.05) is 42.5 Å². The lowest BCUT2D eigenvalue weighted by Gasteiger charge is -2.37. The number of fused-ring (bicyclic) bond motifs is 2. The molecule has 0 N–H and O–H groups in total. The molecular formula is C15H12O4. The molecule has 2 heterocycles. The van der Waals surface area contributed by atoms with Crippen LogP contribution in [0.25, 0.3) is 0 Å². The highest BCUT2D eigenvalue weighted by Gasteiger charge is 2.55. The minimum atomic E-state index is -1.02. The quantitative estimate of drug-likeness (QED) is 0.786. The molecule has 0 aliphatic carbocycles. The van der Waals surface area contributed by atoms with E-state index in [4.69, 9.17) is 18.9 Å². The molecule has 4 rings (SSSR count). The van der Waals surface area contributed by atoms with Crippen molar-refractivity contribution in [3.05, 3.63) is 60.2 Å². The molecular weight excluding hydrogens is 244 g/mol. The summed E-state index contributed by atoms with van der Waals surface area (Å²) in [6.45, 7) is 0.146. The molecule has 0 saturated carbocycles. The summed E-state index contributed by atoms with van der Waals surface area (Å²) in [6, 6.07) is 17.2. The third kappa shape index (κ3) is 1.54. The molecule has 2 aliphatic rings. The molecule has 0 bridgehead atoms. The molecule has 0 spiro atoms. The zero-order valence-corrected chi connectivity index (χ0v) is 10.1. The van der Waals surface area contributed by atoms with Crippen LogP contribution >= 0.6 is 0 Å². The van der Waals surface area contributed by atoms with Gasteiger partial charge in [0.2, 0.25) is 0 Å². The van der Waals surface area contributed by atoms with Crippen molar-refractivity contribution in [3.63, 3.8) is 0 Å². The second-order valence-corrected chi connectivity index (χ2v) is 4.46. The lowest BCUT2D eigenvalue weighted by Crippen LogP contribution is -2.48. The van der Waals surface area contributed by atoms with Crippen molar-refractivity contribution in [2.45, 2.75) is 12.1 Å². The summed E-state index contributed by atoms with van der Waals surface area (Å²) >= 11 is 0. The first-order valence-corrected chi connectivity index (χ1v) is 6.14. The number of ether oxygens (including phenoxy) is 4. The van der Waals surface area contributed by atoms with E-state index in [1.165, 1.54) is 0 Å². The van der Waals surface area contributed by atoms with E-state index in [0.29, 0.717) is 11.5 Å². The summed E-state index contributed by atoms with van der Waals surface area (Å²) in [6.07, 6.45) is -0.593. The van der Waals surface area contributed by atoms with E-state index in [9.17, 15) is 0 Å². The van der Waals surface area contributed by atoms with Gasteiger partial charge in [0.1, 0.15) is 0 Å². The van der Waals surface area contributed by atoms with Gasteiger partial charge in [-0.25, -0.2) is 0 Å². The molecule has 2 aromatic carbocycles. The van der Waals surface area contributed by atoms with Crippen LogP contribution in [-0.2, 0) is 15.3 Å². The first-order valence-electron chi connectivity index (χ1n) is 6.14. The summed E-state index contributed by atoms with van der Waals surface area (Å²) in [5.41, 5.74) is 0.881. The topological polar surface area (TPSA) is 36.9 Å². The van der Waals surface area contributed by atoms with Crippen LogP contribution in [0.1, 0.15) is 5.56 Å². The van der Waals surface area contributed by atoms with Crippen molar-refractivity contribution >= 4 is 0 Å². The molecule has 19 heavy (non-hydrogen) atoms. The largest absolute Gasteiger partial charge is 0.453 e. The van der Waals surface area contributed by atoms with Gasteiger partial charge in [0, 0.05) is 5.56 Å². The Labute approximate surface area is 110 Å². The second kappa shape index (κ2) is 3.98. The summed E-state index contributed by atoms with van der Waals surface area (Å²) < 4.78 is 23.1. The van der Waals surface area contributed by atoms with Crippen LogP contribution in [0.15, 0.2) is 54.6 Å². The molecule has 1 saturated heterocycles. The van der Waals surface area contributed by atoms with Crippen LogP contribution in [0.2, 0.25) is 0 Å². The standard InChI is InChI=1S/C15H12O4/c1-2-6-11(7-3-1)15-14(16-10-17-15)18-12-8-4-5-9-13(12)19-15/h1-9,14H,10H2. The van der Waals surface area contributed by atoms with Crippen LogP contribution in [-0.4, -0.2) is 13.1 Å². The summed E-state index contributed by atoms with van der Waals surface area (Å²) in [7, 11) is 0. The first kappa shape index (κ1) is 10.8. The first-order chi connectivity index (χ1) is 9.38. The Morgan fingerprint density at radius 3 is 2.47 bits per heavy atom. The van der Waals surface area contributed by atoms with Crippen molar-refractivity contribution < 1.29 is 18.9 Å². The third-order valence-corrected chi connectivity index (χ3v) is 3.32. The van der Waals surface area contributed by atoms with Crippen LogP contribution in [0.4, 0.5) is 0 Å². The number of para-hydroxylation sites is 2. The molecule has 2 unspecified atom stereocenters. The number of hydrogen-bond acceptors (Lipinski definition) is 4. The van der Waals surface area contributed by atoms with Crippen LogP contribution in [0.3, 0.4) is 0 Å². The third-order valence-electron chi connectivity index (χ3n) is 3.32. The highest BCUT2D eigenvalue weighted by atomic mass is 16.9. The Balaban J connectivity index is 1.83. The smallest absolute Gasteiger partial charge is 0.303 e. The number of hydrogen-bond donors (Lipinski definition) is 0. The normalized spacial score (nSPS) is 27.9. The molecule has 4 heteroatoms. The van der Waals surface area contributed by atoms with Gasteiger partial charge in [-0.3, -0.25) is 0 Å². The molecule has 2 aliphatic heterocycles. The second-order valence-electron chi connectivity index (χ2n) is 4.46. The van der Waals surface area contributed by atoms with Crippen molar-refractivity contribution in [2.75, 3.05) is 6.79 Å². The minimum absolute atomic E-state index is 0.146. The van der Waals surface area contributed by atoms with Crippen LogP contribution in [0.5, 0.6) is 11.5 Å².